The van der Waals surface area contributed by atoms with Crippen LogP contribution in [-0.4, -0.2) is 29.5 Å². The maximum Gasteiger partial charge on any atom is 0.387 e. The molecule has 0 amide bonds. The molecule has 0 radical (unpaired) electrons. The predicted molar refractivity (Wildman–Crippen MR) is 136 cm³/mol. The Bertz CT molecular complexity index is 1470. The summed E-state index contributed by atoms with van der Waals surface area (Å²) in [4.78, 5) is 32.8. The smallest absolute Gasteiger partial charge is 0.387 e. The van der Waals surface area contributed by atoms with Gasteiger partial charge in [-0.25, -0.2) is 9.79 Å². The van der Waals surface area contributed by atoms with E-state index in [9.17, 15) is 18.4 Å². The molecule has 1 aliphatic rings. The molecule has 1 aromatic heterocycles. The van der Waals surface area contributed by atoms with Crippen molar-refractivity contribution in [3.63, 3.8) is 0 Å². The van der Waals surface area contributed by atoms with E-state index in [1.807, 2.05) is 30.5 Å². The van der Waals surface area contributed by atoms with Gasteiger partial charge in [0, 0.05) is 4.90 Å². The lowest BCUT2D eigenvalue weighted by atomic mass is 9.96. The third-order valence-electron chi connectivity index (χ3n) is 5.42. The van der Waals surface area contributed by atoms with Gasteiger partial charge in [0.15, 0.2) is 4.80 Å². The molecule has 0 aliphatic carbocycles. The minimum Gasteiger partial charge on any atom is -0.459 e. The maximum atomic E-state index is 13.6. The van der Waals surface area contributed by atoms with Crippen LogP contribution in [0.5, 0.6) is 5.75 Å². The number of carbonyl (C=O) groups is 1. The SMILES string of the molecule is CSc1ccc([C@@H]2C(C(=O)OC(C)C)=C(C)N=c3s/c(=C\c4ccc(OC(F)F)cc4)c(=O)n32)cc1. The Morgan fingerprint density at radius 2 is 1.81 bits per heavy atom. The number of thioether (sulfide) groups is 1. The van der Waals surface area contributed by atoms with E-state index in [2.05, 4.69) is 9.73 Å². The van der Waals surface area contributed by atoms with Crippen molar-refractivity contribution in [2.75, 3.05) is 6.26 Å². The van der Waals surface area contributed by atoms with Gasteiger partial charge in [0.1, 0.15) is 5.75 Å². The van der Waals surface area contributed by atoms with Crippen LogP contribution < -0.4 is 19.6 Å². The van der Waals surface area contributed by atoms with Gasteiger partial charge in [-0.3, -0.25) is 9.36 Å². The molecule has 2 aromatic carbocycles. The molecule has 0 N–H and O–H groups in total. The molecule has 2 heterocycles. The van der Waals surface area contributed by atoms with Gasteiger partial charge in [0.25, 0.3) is 5.56 Å². The lowest BCUT2D eigenvalue weighted by Crippen LogP contribution is -2.40. The lowest BCUT2D eigenvalue weighted by molar-refractivity contribution is -0.143. The van der Waals surface area contributed by atoms with Gasteiger partial charge in [-0.05, 0) is 68.5 Å². The molecular formula is C26H24F2N2O4S2. The van der Waals surface area contributed by atoms with Crippen LogP contribution in [0.4, 0.5) is 8.78 Å². The predicted octanol–water partition coefficient (Wildman–Crippen LogP) is 4.51. The number of hydrogen-bond donors (Lipinski definition) is 0. The Labute approximate surface area is 214 Å². The van der Waals surface area contributed by atoms with E-state index < -0.39 is 18.6 Å². The van der Waals surface area contributed by atoms with Crippen molar-refractivity contribution in [1.82, 2.24) is 4.57 Å². The van der Waals surface area contributed by atoms with Gasteiger partial charge in [0.05, 0.1) is 27.9 Å². The average molecular weight is 531 g/mol. The van der Waals surface area contributed by atoms with Crippen molar-refractivity contribution in [2.45, 2.75) is 44.4 Å². The number of rotatable bonds is 7. The Morgan fingerprint density at radius 3 is 2.39 bits per heavy atom. The number of ether oxygens (including phenoxy) is 2. The van der Waals surface area contributed by atoms with Crippen LogP contribution in [0.15, 0.2) is 74.5 Å². The first kappa shape index (κ1) is 25.8. The largest absolute Gasteiger partial charge is 0.459 e. The fourth-order valence-corrected chi connectivity index (χ4v) is 5.31. The van der Waals surface area contributed by atoms with Crippen molar-refractivity contribution >= 4 is 35.1 Å². The van der Waals surface area contributed by atoms with Crippen LogP contribution in [0.25, 0.3) is 6.08 Å². The molecule has 6 nitrogen and oxygen atoms in total. The third kappa shape index (κ3) is 5.44. The fourth-order valence-electron chi connectivity index (χ4n) is 3.86. The van der Waals surface area contributed by atoms with Crippen molar-refractivity contribution in [1.29, 1.82) is 0 Å². The summed E-state index contributed by atoms with van der Waals surface area (Å²) in [5.41, 5.74) is 1.89. The minimum atomic E-state index is -2.91. The van der Waals surface area contributed by atoms with E-state index >= 15 is 0 Å². The van der Waals surface area contributed by atoms with Crippen LogP contribution in [0, 0.1) is 0 Å². The quantitative estimate of drug-likeness (QED) is 0.332. The first-order chi connectivity index (χ1) is 17.2. The van der Waals surface area contributed by atoms with Gasteiger partial charge in [-0.2, -0.15) is 8.78 Å². The highest BCUT2D eigenvalue weighted by Gasteiger charge is 2.33. The molecule has 36 heavy (non-hydrogen) atoms. The number of thiazole rings is 1. The van der Waals surface area contributed by atoms with Crippen molar-refractivity contribution < 1.29 is 23.0 Å². The van der Waals surface area contributed by atoms with Crippen LogP contribution in [-0.2, 0) is 9.53 Å². The average Bonchev–Trinajstić information content (AvgIpc) is 3.13. The summed E-state index contributed by atoms with van der Waals surface area (Å²) < 4.78 is 36.7. The summed E-state index contributed by atoms with van der Waals surface area (Å²) in [7, 11) is 0. The van der Waals surface area contributed by atoms with Crippen molar-refractivity contribution in [3.05, 3.63) is 90.6 Å². The van der Waals surface area contributed by atoms with E-state index in [1.165, 1.54) is 28.0 Å². The number of esters is 1. The van der Waals surface area contributed by atoms with Gasteiger partial charge in [-0.15, -0.1) is 11.8 Å². The number of halogens is 2. The standard InChI is InChI=1S/C26H24F2N2O4S2/c1-14(2)33-24(32)21-15(3)29-26-30(22(21)17-7-11-19(35-4)12-8-17)23(31)20(36-26)13-16-5-9-18(10-6-16)34-25(27)28/h5-14,22,25H,1-4H3/b20-13-/t22-/m1/s1. The van der Waals surface area contributed by atoms with Crippen LogP contribution in [0.3, 0.4) is 0 Å². The first-order valence-corrected chi connectivity index (χ1v) is 13.1. The summed E-state index contributed by atoms with van der Waals surface area (Å²) in [5.74, 6) is -0.490. The molecular weight excluding hydrogens is 506 g/mol. The van der Waals surface area contributed by atoms with Gasteiger partial charge >= 0.3 is 12.6 Å². The molecule has 3 aromatic rings. The summed E-state index contributed by atoms with van der Waals surface area (Å²) in [5, 5.41) is 0. The van der Waals surface area contributed by atoms with Crippen LogP contribution >= 0.6 is 23.1 Å². The van der Waals surface area contributed by atoms with Gasteiger partial charge < -0.3 is 9.47 Å². The Morgan fingerprint density at radius 1 is 1.14 bits per heavy atom. The monoisotopic (exact) mass is 530 g/mol. The van der Waals surface area contributed by atoms with E-state index in [4.69, 9.17) is 4.74 Å². The molecule has 188 valence electrons. The molecule has 0 spiro atoms. The second kappa shape index (κ2) is 10.8. The van der Waals surface area contributed by atoms with Crippen molar-refractivity contribution in [2.24, 2.45) is 4.99 Å². The number of aromatic nitrogens is 1. The molecule has 1 atom stereocenters. The molecule has 0 saturated carbocycles. The number of nitrogens with zero attached hydrogens (tertiary/aromatic N) is 2. The normalized spacial score (nSPS) is 15.8. The number of fused-ring (bicyclic) bond motifs is 1. The highest BCUT2D eigenvalue weighted by Crippen LogP contribution is 2.32. The summed E-state index contributed by atoms with van der Waals surface area (Å²) >= 11 is 2.79. The zero-order chi connectivity index (χ0) is 26.0. The van der Waals surface area contributed by atoms with Gasteiger partial charge in [0.2, 0.25) is 0 Å². The van der Waals surface area contributed by atoms with Crippen molar-refractivity contribution in [3.8, 4) is 5.75 Å². The second-order valence-electron chi connectivity index (χ2n) is 8.26. The van der Waals surface area contributed by atoms with Gasteiger partial charge in [-0.1, -0.05) is 35.6 Å². The summed E-state index contributed by atoms with van der Waals surface area (Å²) in [6, 6.07) is 13.0. The Kier molecular flexibility index (Phi) is 7.75. The highest BCUT2D eigenvalue weighted by molar-refractivity contribution is 7.98. The third-order valence-corrected chi connectivity index (χ3v) is 7.15. The molecule has 0 saturated heterocycles. The van der Waals surface area contributed by atoms with E-state index in [0.717, 1.165) is 10.5 Å². The first-order valence-electron chi connectivity index (χ1n) is 11.1. The Hall–Kier alpha value is -3.24. The molecule has 0 bridgehead atoms. The number of hydrogen-bond acceptors (Lipinski definition) is 7. The Balaban J connectivity index is 1.85. The van der Waals surface area contributed by atoms with E-state index in [1.54, 1.807) is 50.7 Å². The molecule has 1 aliphatic heterocycles. The zero-order valence-electron chi connectivity index (χ0n) is 20.0. The number of alkyl halides is 2. The zero-order valence-corrected chi connectivity index (χ0v) is 21.7. The summed E-state index contributed by atoms with van der Waals surface area (Å²) in [6.07, 6.45) is 3.30. The maximum absolute atomic E-state index is 13.6. The fraction of sp³-hybridized carbons (Fsp3) is 0.269. The van der Waals surface area contributed by atoms with Crippen LogP contribution in [0.2, 0.25) is 0 Å². The molecule has 0 fully saturated rings. The topological polar surface area (TPSA) is 69.9 Å². The van der Waals surface area contributed by atoms with Crippen LogP contribution in [0.1, 0.15) is 37.9 Å². The number of carbonyl (C=O) groups excluding carboxylic acids is 1. The number of benzene rings is 2. The number of allylic oxidation sites excluding steroid dienone is 1. The summed E-state index contributed by atoms with van der Waals surface area (Å²) in [6.45, 7) is 2.36. The molecule has 0 unspecified atom stereocenters. The molecule has 4 rings (SSSR count). The molecule has 10 heteroatoms. The highest BCUT2D eigenvalue weighted by atomic mass is 32.2. The van der Waals surface area contributed by atoms with E-state index in [-0.39, 0.29) is 17.4 Å². The second-order valence-corrected chi connectivity index (χ2v) is 10.1. The minimum absolute atomic E-state index is 0.0289. The lowest BCUT2D eigenvalue weighted by Gasteiger charge is -2.25. The van der Waals surface area contributed by atoms with E-state index in [0.29, 0.717) is 26.2 Å².